The van der Waals surface area contributed by atoms with Gasteiger partial charge in [-0.05, 0) is 450 Å². The summed E-state index contributed by atoms with van der Waals surface area (Å²) in [4.78, 5) is 0. The molecule has 0 unspecified atom stereocenters. The molecule has 9 aliphatic carbocycles. The summed E-state index contributed by atoms with van der Waals surface area (Å²) in [5, 5.41) is 0. The first-order valence-corrected chi connectivity index (χ1v) is 64.2. The fourth-order valence-electron chi connectivity index (χ4n) is 27.5. The molecule has 0 atom stereocenters. The fourth-order valence-corrected chi connectivity index (χ4v) is 27.5. The molecule has 0 saturated heterocycles. The lowest BCUT2D eigenvalue weighted by atomic mass is 9.77. The van der Waals surface area contributed by atoms with Gasteiger partial charge in [-0.1, -0.05) is 478 Å². The minimum atomic E-state index is 0.841. The molecule has 0 N–H and O–H groups in total. The van der Waals surface area contributed by atoms with Crippen LogP contribution in [0.15, 0.2) is 218 Å². The van der Waals surface area contributed by atoms with Crippen LogP contribution in [-0.2, 0) is 0 Å². The lowest BCUT2D eigenvalue weighted by Gasteiger charge is -2.29. The summed E-state index contributed by atoms with van der Waals surface area (Å²) in [6.07, 6.45) is 84.1. The number of rotatable bonds is 32. The Labute approximate surface area is 922 Å². The number of hydrogen-bond donors (Lipinski definition) is 0. The van der Waals surface area contributed by atoms with Crippen molar-refractivity contribution in [2.45, 2.75) is 557 Å². The molecule has 0 bridgehead atoms. The van der Waals surface area contributed by atoms with Crippen LogP contribution >= 0.6 is 0 Å². The summed E-state index contributed by atoms with van der Waals surface area (Å²) in [7, 11) is 0. The number of hydrogen-bond acceptors (Lipinski definition) is 0. The molecule has 822 valence electrons. The standard InChI is InChI=1S/2C18H28.3C17H26.2C16H24.2C15H22/c2*1-3-4-5-6-16-9-13-18(14-10-16)17-11-7-15(2)8-12-17;3*1-3-4-5-15-8-12-17(13-9-15)16-10-6-14(2)7-11-16;2*1-3-4-14-7-11-16(12-8-14)15-9-5-13(2)6-10-15;2*1-3-13-6-10-15(11-7-13)14-8-4-12(2)5-9-14/h2*7-8,11-12,16,18H,3-6,9-10,13-14H2,1-2H3;3*6-7,10-11,15,17H,3-5,8-9,12-13H2,1-2H3;2*5-6,9-10,14,16H,3-4,7-8,11-12H2,1-2H3;2*4-5,8-9,13,15H,3,6-7,10-11H2,1-2H3. The second kappa shape index (κ2) is 71.9. The lowest BCUT2D eigenvalue weighted by molar-refractivity contribution is 0.303. The molecule has 149 heavy (non-hydrogen) atoms. The Morgan fingerprint density at radius 1 is 0.121 bits per heavy atom. The van der Waals surface area contributed by atoms with E-state index in [4.69, 9.17) is 0 Å². The highest BCUT2D eigenvalue weighted by Crippen LogP contribution is 2.47. The van der Waals surface area contributed by atoms with E-state index >= 15 is 0 Å². The van der Waals surface area contributed by atoms with Gasteiger partial charge in [0, 0.05) is 0 Å². The van der Waals surface area contributed by atoms with Crippen molar-refractivity contribution in [3.05, 3.63) is 319 Å². The van der Waals surface area contributed by atoms with Crippen molar-refractivity contribution in [1.82, 2.24) is 0 Å². The Balaban J connectivity index is 0.000000171. The molecule has 0 aliphatic heterocycles. The average molecular weight is 2020 g/mol. The molecule has 0 spiro atoms. The quantitative estimate of drug-likeness (QED) is 0.0369. The maximum Gasteiger partial charge on any atom is -0.0162 e. The Hall–Kier alpha value is -7.02. The van der Waals surface area contributed by atoms with Gasteiger partial charge in [-0.25, -0.2) is 0 Å². The maximum absolute atomic E-state index is 2.34. The molecule has 0 aromatic heterocycles. The lowest BCUT2D eigenvalue weighted by Crippen LogP contribution is -2.13. The van der Waals surface area contributed by atoms with Gasteiger partial charge in [0.2, 0.25) is 0 Å². The highest BCUT2D eigenvalue weighted by atomic mass is 14.4. The highest BCUT2D eigenvalue weighted by Gasteiger charge is 2.31. The topological polar surface area (TPSA) is 0 Å². The van der Waals surface area contributed by atoms with Crippen LogP contribution in [0.1, 0.15) is 595 Å². The Morgan fingerprint density at radius 2 is 0.235 bits per heavy atom. The first-order valence-electron chi connectivity index (χ1n) is 64.2. The maximum atomic E-state index is 2.34. The third-order valence-corrected chi connectivity index (χ3v) is 38.4. The molecule has 18 rings (SSSR count). The van der Waals surface area contributed by atoms with Crippen LogP contribution < -0.4 is 0 Å². The van der Waals surface area contributed by atoms with E-state index < -0.39 is 0 Å². The molecular weight excluding hydrogens is 1790 g/mol. The van der Waals surface area contributed by atoms with Crippen molar-refractivity contribution in [2.75, 3.05) is 0 Å². The average Bonchev–Trinajstić information content (AvgIpc) is 0.906. The van der Waals surface area contributed by atoms with E-state index in [9.17, 15) is 0 Å². The van der Waals surface area contributed by atoms with Crippen LogP contribution in [0.5, 0.6) is 0 Å². The van der Waals surface area contributed by atoms with Crippen molar-refractivity contribution in [1.29, 1.82) is 0 Å². The van der Waals surface area contributed by atoms with Gasteiger partial charge in [0.15, 0.2) is 0 Å². The second-order valence-corrected chi connectivity index (χ2v) is 50.5. The van der Waals surface area contributed by atoms with E-state index in [1.807, 2.05) is 0 Å². The van der Waals surface area contributed by atoms with Gasteiger partial charge in [-0.15, -0.1) is 0 Å². The summed E-state index contributed by atoms with van der Waals surface area (Å²) in [6.45, 7) is 40.3. The van der Waals surface area contributed by atoms with E-state index in [-0.39, 0.29) is 0 Å². The third kappa shape index (κ3) is 46.9. The number of benzene rings is 9. The fraction of sp³-hybridized carbons (Fsp3) is 0.638. The molecule has 0 radical (unpaired) electrons. The molecule has 0 nitrogen and oxygen atoms in total. The van der Waals surface area contributed by atoms with Crippen molar-refractivity contribution in [2.24, 2.45) is 53.3 Å². The first kappa shape index (κ1) is 124. The van der Waals surface area contributed by atoms with Crippen molar-refractivity contribution in [3.8, 4) is 0 Å². The molecule has 9 aliphatic rings. The normalized spacial score (nSPS) is 25.2. The Bertz CT molecular complexity index is 4360. The molecular formula is C149H226. The first-order chi connectivity index (χ1) is 72.6. The third-order valence-electron chi connectivity index (χ3n) is 38.4. The van der Waals surface area contributed by atoms with Crippen molar-refractivity contribution < 1.29 is 0 Å². The molecule has 0 heteroatoms. The van der Waals surface area contributed by atoms with Gasteiger partial charge in [0.1, 0.15) is 0 Å². The summed E-state index contributed by atoms with van der Waals surface area (Å²) >= 11 is 0. The van der Waals surface area contributed by atoms with E-state index in [1.165, 1.54) is 429 Å². The van der Waals surface area contributed by atoms with Gasteiger partial charge >= 0.3 is 0 Å². The monoisotopic (exact) mass is 2020 g/mol. The summed E-state index contributed by atoms with van der Waals surface area (Å²) < 4.78 is 0. The summed E-state index contributed by atoms with van der Waals surface area (Å²) in [5.41, 5.74) is 26.6. The zero-order valence-corrected chi connectivity index (χ0v) is 99.9. The van der Waals surface area contributed by atoms with Gasteiger partial charge in [-0.3, -0.25) is 0 Å². The van der Waals surface area contributed by atoms with Gasteiger partial charge in [-0.2, -0.15) is 0 Å². The summed E-state index contributed by atoms with van der Waals surface area (Å²) in [5.74, 6) is 16.7. The molecule has 9 saturated carbocycles. The van der Waals surface area contributed by atoms with Crippen LogP contribution in [0.4, 0.5) is 0 Å². The van der Waals surface area contributed by atoms with E-state index in [0.29, 0.717) is 0 Å². The van der Waals surface area contributed by atoms with Crippen LogP contribution in [0.2, 0.25) is 0 Å². The van der Waals surface area contributed by atoms with Crippen molar-refractivity contribution in [3.63, 3.8) is 0 Å². The van der Waals surface area contributed by atoms with Crippen LogP contribution in [0.25, 0.3) is 0 Å². The predicted molar refractivity (Wildman–Crippen MR) is 660 cm³/mol. The van der Waals surface area contributed by atoms with Gasteiger partial charge in [0.25, 0.3) is 0 Å². The summed E-state index contributed by atoms with van der Waals surface area (Å²) in [6, 6.07) is 82.7. The molecule has 9 aromatic carbocycles. The van der Waals surface area contributed by atoms with Gasteiger partial charge in [0.05, 0.1) is 0 Å². The number of unbranched alkanes of at least 4 members (excludes halogenated alkanes) is 7. The van der Waals surface area contributed by atoms with Crippen molar-refractivity contribution >= 4 is 0 Å². The molecule has 0 amide bonds. The largest absolute Gasteiger partial charge is 0.0654 e. The molecule has 0 heterocycles. The molecule has 9 fully saturated rings. The zero-order valence-electron chi connectivity index (χ0n) is 99.9. The van der Waals surface area contributed by atoms with E-state index in [1.54, 1.807) is 50.1 Å². The minimum absolute atomic E-state index is 0.841. The van der Waals surface area contributed by atoms with E-state index in [2.05, 4.69) is 343 Å². The smallest absolute Gasteiger partial charge is 0.0162 e. The predicted octanol–water partition coefficient (Wildman–Crippen LogP) is 47.6. The SMILES string of the molecule is CCC1CCC(c2ccc(C)cc2)CC1.CCC1CCC(c2ccc(C)cc2)CC1.CCCC1CCC(c2ccc(C)cc2)CC1.CCCC1CCC(c2ccc(C)cc2)CC1.CCCCC1CCC(c2ccc(C)cc2)CC1.CCCCC1CCC(c2ccc(C)cc2)CC1.CCCCC1CCC(c2ccc(C)cc2)CC1.CCCCCC1CCC(c2ccc(C)cc2)CC1.CCCCCC1CCC(c2ccc(C)cc2)CC1. The van der Waals surface area contributed by atoms with Crippen LogP contribution in [0, 0.1) is 116 Å². The van der Waals surface area contributed by atoms with E-state index in [0.717, 1.165) is 107 Å². The Kier molecular flexibility index (Phi) is 59.8. The highest BCUT2D eigenvalue weighted by molar-refractivity contribution is 5.33. The van der Waals surface area contributed by atoms with Gasteiger partial charge < -0.3 is 0 Å². The Morgan fingerprint density at radius 3 is 0.349 bits per heavy atom. The molecule has 9 aromatic rings. The zero-order chi connectivity index (χ0) is 106. The van der Waals surface area contributed by atoms with Crippen LogP contribution in [-0.4, -0.2) is 0 Å². The minimum Gasteiger partial charge on any atom is -0.0654 e. The second-order valence-electron chi connectivity index (χ2n) is 50.5. The van der Waals surface area contributed by atoms with Crippen LogP contribution in [0.3, 0.4) is 0 Å². The number of aryl methyl sites for hydroxylation is 9.